The lowest BCUT2D eigenvalue weighted by molar-refractivity contribution is -0.130. The molecule has 9 heteroatoms. The van der Waals surface area contributed by atoms with E-state index in [1.165, 1.54) is 36.0 Å². The van der Waals surface area contributed by atoms with Gasteiger partial charge in [-0.05, 0) is 38.1 Å². The summed E-state index contributed by atoms with van der Waals surface area (Å²) in [5.74, 6) is -0.0587. The summed E-state index contributed by atoms with van der Waals surface area (Å²) in [6.45, 7) is 8.52. The lowest BCUT2D eigenvalue weighted by Gasteiger charge is -2.34. The molecule has 1 fully saturated rings. The highest BCUT2D eigenvalue weighted by Crippen LogP contribution is 2.12. The molecule has 1 N–H and O–H groups in total. The van der Waals surface area contributed by atoms with Crippen molar-refractivity contribution in [2.45, 2.75) is 13.8 Å². The van der Waals surface area contributed by atoms with Crippen LogP contribution >= 0.6 is 24.0 Å². The van der Waals surface area contributed by atoms with Crippen LogP contribution in [0.3, 0.4) is 0 Å². The molecular weight excluding hydrogens is 399 g/mol. The van der Waals surface area contributed by atoms with Crippen LogP contribution in [0.1, 0.15) is 13.8 Å². The first-order chi connectivity index (χ1) is 13.4. The summed E-state index contributed by atoms with van der Waals surface area (Å²) < 4.78 is 13.7. The molecule has 0 radical (unpaired) electrons. The summed E-state index contributed by atoms with van der Waals surface area (Å²) >= 11 is 6.78. The standard InChI is InChI=1S/C19H27FN4O2S2/c1-3-23(4-2)19(27)28-14-18(26)24-11-9-22(10-12-24)13-17(25)21-16-7-5-15(20)6-8-16/h5-8H,3-4,9-14H2,1-2H3,(H,21,25). The van der Waals surface area contributed by atoms with Crippen molar-refractivity contribution in [3.05, 3.63) is 30.1 Å². The molecule has 0 unspecified atom stereocenters. The minimum Gasteiger partial charge on any atom is -0.358 e. The molecule has 28 heavy (non-hydrogen) atoms. The number of carbonyl (C=O) groups excluding carboxylic acids is 2. The zero-order chi connectivity index (χ0) is 20.5. The van der Waals surface area contributed by atoms with E-state index >= 15 is 0 Å². The monoisotopic (exact) mass is 426 g/mol. The highest BCUT2D eigenvalue weighted by Gasteiger charge is 2.23. The van der Waals surface area contributed by atoms with Crippen molar-refractivity contribution >= 4 is 45.8 Å². The molecule has 1 aliphatic heterocycles. The van der Waals surface area contributed by atoms with Gasteiger partial charge in [0, 0.05) is 45.0 Å². The van der Waals surface area contributed by atoms with Gasteiger partial charge in [-0.25, -0.2) is 4.39 Å². The Morgan fingerprint density at radius 1 is 1.14 bits per heavy atom. The second-order valence-electron chi connectivity index (χ2n) is 6.44. The van der Waals surface area contributed by atoms with Crippen LogP contribution in [0.4, 0.5) is 10.1 Å². The number of halogens is 1. The fourth-order valence-corrected chi connectivity index (χ4v) is 4.19. The van der Waals surface area contributed by atoms with Crippen LogP contribution in [0.25, 0.3) is 0 Å². The number of piperazine rings is 1. The van der Waals surface area contributed by atoms with E-state index < -0.39 is 0 Å². The van der Waals surface area contributed by atoms with Crippen LogP contribution in [0, 0.1) is 5.82 Å². The summed E-state index contributed by atoms with van der Waals surface area (Å²) in [4.78, 5) is 30.4. The number of hydrogen-bond acceptors (Lipinski definition) is 5. The van der Waals surface area contributed by atoms with Gasteiger partial charge < -0.3 is 15.1 Å². The van der Waals surface area contributed by atoms with Crippen molar-refractivity contribution in [1.82, 2.24) is 14.7 Å². The quantitative estimate of drug-likeness (QED) is 0.675. The van der Waals surface area contributed by atoms with Gasteiger partial charge in [-0.3, -0.25) is 14.5 Å². The third-order valence-electron chi connectivity index (χ3n) is 4.56. The first kappa shape index (κ1) is 22.6. The Kier molecular flexibility index (Phi) is 9.14. The molecule has 0 atom stereocenters. The van der Waals surface area contributed by atoms with Crippen LogP contribution in [0.15, 0.2) is 24.3 Å². The Hall–Kier alpha value is -1.71. The molecule has 1 aromatic rings. The Bertz CT molecular complexity index is 675. The van der Waals surface area contributed by atoms with Gasteiger partial charge >= 0.3 is 0 Å². The third kappa shape index (κ3) is 7.03. The lowest BCUT2D eigenvalue weighted by Crippen LogP contribution is -2.51. The van der Waals surface area contributed by atoms with Gasteiger partial charge in [0.25, 0.3) is 0 Å². The van der Waals surface area contributed by atoms with Crippen molar-refractivity contribution < 1.29 is 14.0 Å². The largest absolute Gasteiger partial charge is 0.358 e. The van der Waals surface area contributed by atoms with Crippen LogP contribution in [0.2, 0.25) is 0 Å². The first-order valence-corrected chi connectivity index (χ1v) is 10.8. The molecule has 0 bridgehead atoms. The summed E-state index contributed by atoms with van der Waals surface area (Å²) in [5, 5.41) is 2.75. The molecule has 1 saturated heterocycles. The molecule has 0 aromatic heterocycles. The van der Waals surface area contributed by atoms with Gasteiger partial charge in [-0.15, -0.1) is 0 Å². The molecule has 1 heterocycles. The predicted octanol–water partition coefficient (Wildman–Crippen LogP) is 2.27. The van der Waals surface area contributed by atoms with E-state index in [0.717, 1.165) is 17.4 Å². The van der Waals surface area contributed by atoms with E-state index in [9.17, 15) is 14.0 Å². The Balaban J connectivity index is 1.70. The SMILES string of the molecule is CCN(CC)C(=S)SCC(=O)N1CCN(CC(=O)Nc2ccc(F)cc2)CC1. The van der Waals surface area contributed by atoms with Crippen molar-refractivity contribution in [3.63, 3.8) is 0 Å². The summed E-state index contributed by atoms with van der Waals surface area (Å²) in [6.07, 6.45) is 0. The highest BCUT2D eigenvalue weighted by atomic mass is 32.2. The minimum atomic E-state index is -0.338. The Morgan fingerprint density at radius 2 is 1.75 bits per heavy atom. The molecule has 154 valence electrons. The second-order valence-corrected chi connectivity index (χ2v) is 8.05. The highest BCUT2D eigenvalue weighted by molar-refractivity contribution is 8.23. The number of thioether (sulfide) groups is 1. The van der Waals surface area contributed by atoms with E-state index in [2.05, 4.69) is 10.2 Å². The molecule has 0 aliphatic carbocycles. The number of thiocarbonyl (C=S) groups is 1. The maximum atomic E-state index is 12.9. The van der Waals surface area contributed by atoms with Crippen LogP contribution in [-0.2, 0) is 9.59 Å². The van der Waals surface area contributed by atoms with Crippen molar-refractivity contribution in [1.29, 1.82) is 0 Å². The van der Waals surface area contributed by atoms with Gasteiger partial charge in [0.1, 0.15) is 10.1 Å². The number of carbonyl (C=O) groups is 2. The Morgan fingerprint density at radius 3 is 2.32 bits per heavy atom. The maximum Gasteiger partial charge on any atom is 0.238 e. The number of rotatable bonds is 7. The van der Waals surface area contributed by atoms with Gasteiger partial charge in [-0.1, -0.05) is 24.0 Å². The maximum absolute atomic E-state index is 12.9. The van der Waals surface area contributed by atoms with Gasteiger partial charge in [0.2, 0.25) is 11.8 Å². The van der Waals surface area contributed by atoms with Crippen molar-refractivity contribution in [2.75, 3.05) is 56.9 Å². The number of amides is 2. The molecular formula is C19H27FN4O2S2. The fourth-order valence-electron chi connectivity index (χ4n) is 2.88. The second kappa shape index (κ2) is 11.3. The third-order valence-corrected chi connectivity index (χ3v) is 6.07. The number of hydrogen-bond donors (Lipinski definition) is 1. The van der Waals surface area contributed by atoms with E-state index in [-0.39, 0.29) is 24.2 Å². The van der Waals surface area contributed by atoms with E-state index in [4.69, 9.17) is 12.2 Å². The van der Waals surface area contributed by atoms with Crippen LogP contribution < -0.4 is 5.32 Å². The number of anilines is 1. The Labute approximate surface area is 175 Å². The fraction of sp³-hybridized carbons (Fsp3) is 0.526. The zero-order valence-electron chi connectivity index (χ0n) is 16.3. The number of nitrogens with zero attached hydrogens (tertiary/aromatic N) is 3. The van der Waals surface area contributed by atoms with Gasteiger partial charge in [-0.2, -0.15) is 0 Å². The van der Waals surface area contributed by atoms with Gasteiger partial charge in [0.15, 0.2) is 0 Å². The smallest absolute Gasteiger partial charge is 0.238 e. The van der Waals surface area contributed by atoms with E-state index in [1.54, 1.807) is 0 Å². The normalized spacial score (nSPS) is 14.6. The molecule has 1 aromatic carbocycles. The van der Waals surface area contributed by atoms with Crippen molar-refractivity contribution in [3.8, 4) is 0 Å². The number of nitrogens with one attached hydrogen (secondary N) is 1. The lowest BCUT2D eigenvalue weighted by atomic mass is 10.3. The number of benzene rings is 1. The van der Waals surface area contributed by atoms with Crippen LogP contribution in [-0.4, -0.2) is 82.4 Å². The summed E-state index contributed by atoms with van der Waals surface area (Å²) in [6, 6.07) is 5.68. The molecule has 2 amide bonds. The topological polar surface area (TPSA) is 55.9 Å². The molecule has 1 aliphatic rings. The van der Waals surface area contributed by atoms with E-state index in [0.29, 0.717) is 37.6 Å². The molecule has 2 rings (SSSR count). The molecule has 0 spiro atoms. The van der Waals surface area contributed by atoms with Gasteiger partial charge in [0.05, 0.1) is 12.3 Å². The molecule has 0 saturated carbocycles. The predicted molar refractivity (Wildman–Crippen MR) is 116 cm³/mol. The first-order valence-electron chi connectivity index (χ1n) is 9.40. The van der Waals surface area contributed by atoms with E-state index in [1.807, 2.05) is 23.6 Å². The summed E-state index contributed by atoms with van der Waals surface area (Å²) in [5.41, 5.74) is 0.571. The molecule has 6 nitrogen and oxygen atoms in total. The summed E-state index contributed by atoms with van der Waals surface area (Å²) in [7, 11) is 0. The van der Waals surface area contributed by atoms with Crippen molar-refractivity contribution in [2.24, 2.45) is 0 Å². The average Bonchev–Trinajstić information content (AvgIpc) is 2.69. The van der Waals surface area contributed by atoms with Crippen LogP contribution in [0.5, 0.6) is 0 Å². The average molecular weight is 427 g/mol. The minimum absolute atomic E-state index is 0.0786. The zero-order valence-corrected chi connectivity index (χ0v) is 18.0.